The van der Waals surface area contributed by atoms with Gasteiger partial charge in [-0.2, -0.15) is 0 Å². The molecule has 0 N–H and O–H groups in total. The average molecular weight is 250 g/mol. The van der Waals surface area contributed by atoms with Crippen LogP contribution in [0.4, 0.5) is 0 Å². The molecule has 0 aliphatic heterocycles. The molecule has 0 saturated heterocycles. The summed E-state index contributed by atoms with van der Waals surface area (Å²) in [6.07, 6.45) is 0.898. The second-order valence-electron chi connectivity index (χ2n) is 4.86. The fourth-order valence-corrected chi connectivity index (χ4v) is 2.59. The quantitative estimate of drug-likeness (QED) is 0.688. The van der Waals surface area contributed by atoms with Crippen molar-refractivity contribution in [2.75, 3.05) is 0 Å². The van der Waals surface area contributed by atoms with Gasteiger partial charge in [0.1, 0.15) is 5.82 Å². The van der Waals surface area contributed by atoms with Gasteiger partial charge in [0.15, 0.2) is 0 Å². The zero-order valence-electron chi connectivity index (χ0n) is 11.4. The SMILES string of the molecule is CCn1c(Cc2ccccc2C)nc2ccccc21. The number of benzene rings is 2. The first-order valence-electron chi connectivity index (χ1n) is 6.78. The Labute approximate surface area is 113 Å². The van der Waals surface area contributed by atoms with Crippen LogP contribution >= 0.6 is 0 Å². The van der Waals surface area contributed by atoms with Crippen LogP contribution in [0.1, 0.15) is 23.9 Å². The van der Waals surface area contributed by atoms with E-state index in [-0.39, 0.29) is 0 Å². The Balaban J connectivity index is 2.08. The fourth-order valence-electron chi connectivity index (χ4n) is 2.59. The Morgan fingerprint density at radius 1 is 1.00 bits per heavy atom. The highest BCUT2D eigenvalue weighted by molar-refractivity contribution is 5.76. The number of imidazole rings is 1. The van der Waals surface area contributed by atoms with Crippen molar-refractivity contribution in [2.24, 2.45) is 0 Å². The molecule has 19 heavy (non-hydrogen) atoms. The summed E-state index contributed by atoms with van der Waals surface area (Å²) >= 11 is 0. The van der Waals surface area contributed by atoms with Crippen LogP contribution in [0, 0.1) is 6.92 Å². The number of hydrogen-bond donors (Lipinski definition) is 0. The number of rotatable bonds is 3. The molecule has 3 aromatic rings. The normalized spacial score (nSPS) is 11.1. The molecule has 0 aliphatic rings. The molecule has 0 spiro atoms. The van der Waals surface area contributed by atoms with E-state index in [2.05, 4.69) is 60.9 Å². The molecule has 1 aromatic heterocycles. The molecule has 0 amide bonds. The Kier molecular flexibility index (Phi) is 3.08. The third kappa shape index (κ3) is 2.14. The molecule has 2 heteroatoms. The van der Waals surface area contributed by atoms with E-state index < -0.39 is 0 Å². The minimum Gasteiger partial charge on any atom is -0.328 e. The van der Waals surface area contributed by atoms with Crippen LogP contribution < -0.4 is 0 Å². The predicted octanol–water partition coefficient (Wildman–Crippen LogP) is 3.96. The van der Waals surface area contributed by atoms with Crippen LogP contribution in [-0.2, 0) is 13.0 Å². The van der Waals surface area contributed by atoms with Gasteiger partial charge in [0, 0.05) is 13.0 Å². The molecular formula is C17H18N2. The van der Waals surface area contributed by atoms with Crippen LogP contribution in [-0.4, -0.2) is 9.55 Å². The second kappa shape index (κ2) is 4.88. The molecule has 0 aliphatic carbocycles. The molecule has 2 nitrogen and oxygen atoms in total. The van der Waals surface area contributed by atoms with Crippen LogP contribution in [0.2, 0.25) is 0 Å². The molecular weight excluding hydrogens is 232 g/mol. The van der Waals surface area contributed by atoms with Gasteiger partial charge >= 0.3 is 0 Å². The summed E-state index contributed by atoms with van der Waals surface area (Å²) in [5.74, 6) is 1.15. The molecule has 0 atom stereocenters. The van der Waals surface area contributed by atoms with Crippen LogP contribution in [0.3, 0.4) is 0 Å². The lowest BCUT2D eigenvalue weighted by Crippen LogP contribution is -2.03. The van der Waals surface area contributed by atoms with Gasteiger partial charge < -0.3 is 4.57 Å². The Bertz CT molecular complexity index is 710. The molecule has 3 rings (SSSR count). The van der Waals surface area contributed by atoms with Gasteiger partial charge in [-0.1, -0.05) is 36.4 Å². The molecule has 0 bridgehead atoms. The van der Waals surface area contributed by atoms with Crippen molar-refractivity contribution >= 4 is 11.0 Å². The number of hydrogen-bond acceptors (Lipinski definition) is 1. The predicted molar refractivity (Wildman–Crippen MR) is 79.4 cm³/mol. The lowest BCUT2D eigenvalue weighted by Gasteiger charge is -2.08. The standard InChI is InChI=1S/C17H18N2/c1-3-19-16-11-7-6-10-15(16)18-17(19)12-14-9-5-4-8-13(14)2/h4-11H,3,12H2,1-2H3. The Hall–Kier alpha value is -2.09. The van der Waals surface area contributed by atoms with Gasteiger partial charge in [-0.05, 0) is 37.1 Å². The van der Waals surface area contributed by atoms with Gasteiger partial charge in [-0.25, -0.2) is 4.98 Å². The first-order valence-corrected chi connectivity index (χ1v) is 6.78. The van der Waals surface area contributed by atoms with E-state index in [9.17, 15) is 0 Å². The summed E-state index contributed by atoms with van der Waals surface area (Å²) in [4.78, 5) is 4.78. The smallest absolute Gasteiger partial charge is 0.114 e. The van der Waals surface area contributed by atoms with E-state index in [1.165, 1.54) is 16.6 Å². The minimum atomic E-state index is 0.898. The number of aromatic nitrogens is 2. The van der Waals surface area contributed by atoms with Crippen molar-refractivity contribution in [2.45, 2.75) is 26.8 Å². The highest BCUT2D eigenvalue weighted by atomic mass is 15.1. The second-order valence-corrected chi connectivity index (χ2v) is 4.86. The summed E-state index contributed by atoms with van der Waals surface area (Å²) < 4.78 is 2.31. The number of para-hydroxylation sites is 2. The summed E-state index contributed by atoms with van der Waals surface area (Å²) in [5.41, 5.74) is 5.01. The van der Waals surface area contributed by atoms with Crippen LogP contribution in [0.25, 0.3) is 11.0 Å². The highest BCUT2D eigenvalue weighted by Gasteiger charge is 2.10. The summed E-state index contributed by atoms with van der Waals surface area (Å²) in [5, 5.41) is 0. The molecule has 0 radical (unpaired) electrons. The number of aryl methyl sites for hydroxylation is 2. The third-order valence-corrected chi connectivity index (χ3v) is 3.66. The lowest BCUT2D eigenvalue weighted by atomic mass is 10.1. The molecule has 2 aromatic carbocycles. The van der Waals surface area contributed by atoms with E-state index in [1.807, 2.05) is 6.07 Å². The first kappa shape index (κ1) is 12.0. The zero-order chi connectivity index (χ0) is 13.2. The monoisotopic (exact) mass is 250 g/mol. The van der Waals surface area contributed by atoms with E-state index in [0.717, 1.165) is 24.3 Å². The van der Waals surface area contributed by atoms with E-state index in [1.54, 1.807) is 0 Å². The summed E-state index contributed by atoms with van der Waals surface area (Å²) in [6, 6.07) is 16.9. The maximum Gasteiger partial charge on any atom is 0.114 e. The van der Waals surface area contributed by atoms with Crippen LogP contribution in [0.15, 0.2) is 48.5 Å². The number of fused-ring (bicyclic) bond motifs is 1. The van der Waals surface area contributed by atoms with Crippen molar-refractivity contribution in [3.8, 4) is 0 Å². The average Bonchev–Trinajstić information content (AvgIpc) is 2.78. The molecule has 0 fully saturated rings. The molecule has 1 heterocycles. The summed E-state index contributed by atoms with van der Waals surface area (Å²) in [6.45, 7) is 5.30. The Morgan fingerprint density at radius 3 is 2.53 bits per heavy atom. The van der Waals surface area contributed by atoms with Gasteiger partial charge in [0.2, 0.25) is 0 Å². The zero-order valence-corrected chi connectivity index (χ0v) is 11.4. The molecule has 0 saturated carbocycles. The van der Waals surface area contributed by atoms with Crippen molar-refractivity contribution in [3.63, 3.8) is 0 Å². The van der Waals surface area contributed by atoms with E-state index >= 15 is 0 Å². The molecule has 0 unspecified atom stereocenters. The van der Waals surface area contributed by atoms with Crippen molar-refractivity contribution in [1.29, 1.82) is 0 Å². The maximum atomic E-state index is 4.78. The lowest BCUT2D eigenvalue weighted by molar-refractivity contribution is 0.733. The fraction of sp³-hybridized carbons (Fsp3) is 0.235. The van der Waals surface area contributed by atoms with Crippen molar-refractivity contribution in [1.82, 2.24) is 9.55 Å². The highest BCUT2D eigenvalue weighted by Crippen LogP contribution is 2.19. The summed E-state index contributed by atoms with van der Waals surface area (Å²) in [7, 11) is 0. The van der Waals surface area contributed by atoms with Gasteiger partial charge in [-0.3, -0.25) is 0 Å². The number of nitrogens with zero attached hydrogens (tertiary/aromatic N) is 2. The van der Waals surface area contributed by atoms with Crippen LogP contribution in [0.5, 0.6) is 0 Å². The topological polar surface area (TPSA) is 17.8 Å². The maximum absolute atomic E-state index is 4.78. The minimum absolute atomic E-state index is 0.898. The van der Waals surface area contributed by atoms with Gasteiger partial charge in [0.05, 0.1) is 11.0 Å². The van der Waals surface area contributed by atoms with Crippen molar-refractivity contribution < 1.29 is 0 Å². The molecule has 96 valence electrons. The largest absolute Gasteiger partial charge is 0.328 e. The van der Waals surface area contributed by atoms with Gasteiger partial charge in [0.25, 0.3) is 0 Å². The van der Waals surface area contributed by atoms with E-state index in [4.69, 9.17) is 4.98 Å². The third-order valence-electron chi connectivity index (χ3n) is 3.66. The first-order chi connectivity index (χ1) is 9.29. The van der Waals surface area contributed by atoms with E-state index in [0.29, 0.717) is 0 Å². The Morgan fingerprint density at radius 2 is 1.74 bits per heavy atom. The van der Waals surface area contributed by atoms with Crippen molar-refractivity contribution in [3.05, 3.63) is 65.5 Å². The van der Waals surface area contributed by atoms with Gasteiger partial charge in [-0.15, -0.1) is 0 Å².